The van der Waals surface area contributed by atoms with Gasteiger partial charge in [-0.3, -0.25) is 14.8 Å². The zero-order chi connectivity index (χ0) is 13.2. The van der Waals surface area contributed by atoms with Gasteiger partial charge in [0.2, 0.25) is 0 Å². The predicted molar refractivity (Wildman–Crippen MR) is 75.0 cm³/mol. The highest BCUT2D eigenvalue weighted by atomic mass is 16.1. The summed E-state index contributed by atoms with van der Waals surface area (Å²) in [5.74, 6) is 0.0248. The fraction of sp³-hybridized carbons (Fsp3) is 0.0625. The number of hydrogen-bond donors (Lipinski definition) is 0. The number of nitrogens with zero attached hydrogens (tertiary/aromatic N) is 2. The molecule has 19 heavy (non-hydrogen) atoms. The summed E-state index contributed by atoms with van der Waals surface area (Å²) in [7, 11) is 0. The summed E-state index contributed by atoms with van der Waals surface area (Å²) >= 11 is 0. The molecule has 0 bridgehead atoms. The molecule has 0 atom stereocenters. The van der Waals surface area contributed by atoms with Crippen LogP contribution in [0.15, 0.2) is 55.0 Å². The van der Waals surface area contributed by atoms with Crippen molar-refractivity contribution in [3.8, 4) is 11.1 Å². The summed E-state index contributed by atoms with van der Waals surface area (Å²) in [5, 5.41) is 1.08. The van der Waals surface area contributed by atoms with Crippen LogP contribution in [0.3, 0.4) is 0 Å². The summed E-state index contributed by atoms with van der Waals surface area (Å²) < 4.78 is 0. The van der Waals surface area contributed by atoms with Crippen LogP contribution in [0.1, 0.15) is 17.3 Å². The van der Waals surface area contributed by atoms with Crippen molar-refractivity contribution in [2.75, 3.05) is 0 Å². The van der Waals surface area contributed by atoms with E-state index in [9.17, 15) is 4.79 Å². The van der Waals surface area contributed by atoms with Gasteiger partial charge in [0.25, 0.3) is 0 Å². The highest BCUT2D eigenvalue weighted by molar-refractivity contribution is 5.95. The molecule has 0 saturated carbocycles. The number of carbonyl (C=O) groups is 1. The van der Waals surface area contributed by atoms with Crippen molar-refractivity contribution in [2.24, 2.45) is 0 Å². The average Bonchev–Trinajstić information content (AvgIpc) is 2.47. The van der Waals surface area contributed by atoms with Crippen molar-refractivity contribution in [3.05, 3.63) is 60.6 Å². The molecular formula is C16H12N2O. The van der Waals surface area contributed by atoms with Gasteiger partial charge in [0, 0.05) is 35.1 Å². The third-order valence-electron chi connectivity index (χ3n) is 3.08. The average molecular weight is 248 g/mol. The van der Waals surface area contributed by atoms with E-state index in [0.717, 1.165) is 22.0 Å². The molecule has 0 radical (unpaired) electrons. The minimum absolute atomic E-state index is 0.0248. The number of Topliss-reactive ketones (excluding diaryl/α,β-unsaturated/α-hetero) is 1. The SMILES string of the molecule is CC(=O)c1cncc(-c2ccc3ncccc3c2)c1. The Hall–Kier alpha value is -2.55. The number of hydrogen-bond acceptors (Lipinski definition) is 3. The molecular weight excluding hydrogens is 236 g/mol. The van der Waals surface area contributed by atoms with Crippen molar-refractivity contribution < 1.29 is 4.79 Å². The normalized spacial score (nSPS) is 10.6. The fourth-order valence-electron chi connectivity index (χ4n) is 2.05. The molecule has 3 aromatic rings. The molecule has 3 heteroatoms. The molecule has 0 fully saturated rings. The van der Waals surface area contributed by atoms with E-state index in [0.29, 0.717) is 5.56 Å². The zero-order valence-corrected chi connectivity index (χ0v) is 10.5. The molecule has 0 aliphatic rings. The monoisotopic (exact) mass is 248 g/mol. The van der Waals surface area contributed by atoms with E-state index in [1.807, 2.05) is 30.3 Å². The number of carbonyl (C=O) groups excluding carboxylic acids is 1. The van der Waals surface area contributed by atoms with Gasteiger partial charge in [0.15, 0.2) is 5.78 Å². The number of pyridine rings is 2. The highest BCUT2D eigenvalue weighted by Crippen LogP contribution is 2.23. The predicted octanol–water partition coefficient (Wildman–Crippen LogP) is 3.50. The van der Waals surface area contributed by atoms with Crippen LogP contribution in [0.25, 0.3) is 22.0 Å². The van der Waals surface area contributed by atoms with Gasteiger partial charge in [-0.15, -0.1) is 0 Å². The molecule has 1 aromatic carbocycles. The standard InChI is InChI=1S/C16H12N2O/c1-11(19)14-8-15(10-17-9-14)12-4-5-16-13(7-12)3-2-6-18-16/h2-10H,1H3. The molecule has 0 aliphatic carbocycles. The molecule has 92 valence electrons. The largest absolute Gasteiger partial charge is 0.294 e. The lowest BCUT2D eigenvalue weighted by atomic mass is 10.0. The number of benzene rings is 1. The Labute approximate surface area is 111 Å². The summed E-state index contributed by atoms with van der Waals surface area (Å²) in [5.41, 5.74) is 3.57. The molecule has 0 unspecified atom stereocenters. The molecule has 0 spiro atoms. The fourth-order valence-corrected chi connectivity index (χ4v) is 2.05. The molecule has 2 aromatic heterocycles. The summed E-state index contributed by atoms with van der Waals surface area (Å²) in [6.45, 7) is 1.55. The lowest BCUT2D eigenvalue weighted by Crippen LogP contribution is -1.93. The van der Waals surface area contributed by atoms with Crippen molar-refractivity contribution in [3.63, 3.8) is 0 Å². The summed E-state index contributed by atoms with van der Waals surface area (Å²) in [6, 6.07) is 11.8. The van der Waals surface area contributed by atoms with E-state index in [2.05, 4.69) is 16.0 Å². The van der Waals surface area contributed by atoms with Crippen LogP contribution in [0, 0.1) is 0 Å². The van der Waals surface area contributed by atoms with Crippen molar-refractivity contribution >= 4 is 16.7 Å². The Morgan fingerprint density at radius 1 is 1.05 bits per heavy atom. The zero-order valence-electron chi connectivity index (χ0n) is 10.5. The van der Waals surface area contributed by atoms with E-state index in [1.54, 1.807) is 25.5 Å². The second-order valence-electron chi connectivity index (χ2n) is 4.43. The van der Waals surface area contributed by atoms with E-state index in [4.69, 9.17) is 0 Å². The lowest BCUT2D eigenvalue weighted by molar-refractivity contribution is 0.101. The second kappa shape index (κ2) is 4.61. The number of fused-ring (bicyclic) bond motifs is 1. The first-order valence-electron chi connectivity index (χ1n) is 6.05. The summed E-state index contributed by atoms with van der Waals surface area (Å²) in [6.07, 6.45) is 5.14. The molecule has 0 saturated heterocycles. The van der Waals surface area contributed by atoms with E-state index < -0.39 is 0 Å². The molecule has 3 rings (SSSR count). The van der Waals surface area contributed by atoms with Gasteiger partial charge in [-0.25, -0.2) is 0 Å². The second-order valence-corrected chi connectivity index (χ2v) is 4.43. The van der Waals surface area contributed by atoms with Crippen LogP contribution in [-0.4, -0.2) is 15.8 Å². The number of aromatic nitrogens is 2. The molecule has 0 amide bonds. The quantitative estimate of drug-likeness (QED) is 0.652. The minimum atomic E-state index is 0.0248. The maximum Gasteiger partial charge on any atom is 0.161 e. The van der Waals surface area contributed by atoms with E-state index >= 15 is 0 Å². The summed E-state index contributed by atoms with van der Waals surface area (Å²) in [4.78, 5) is 19.8. The lowest BCUT2D eigenvalue weighted by Gasteiger charge is -2.04. The van der Waals surface area contributed by atoms with Gasteiger partial charge >= 0.3 is 0 Å². The van der Waals surface area contributed by atoms with Crippen LogP contribution < -0.4 is 0 Å². The van der Waals surface area contributed by atoms with E-state index in [-0.39, 0.29) is 5.78 Å². The van der Waals surface area contributed by atoms with E-state index in [1.165, 1.54) is 0 Å². The number of ketones is 1. The first-order chi connectivity index (χ1) is 9.24. The Balaban J connectivity index is 2.13. The Morgan fingerprint density at radius 2 is 1.95 bits per heavy atom. The van der Waals surface area contributed by atoms with Gasteiger partial charge in [0.05, 0.1) is 5.52 Å². The maximum absolute atomic E-state index is 11.4. The smallest absolute Gasteiger partial charge is 0.161 e. The first-order valence-corrected chi connectivity index (χ1v) is 6.05. The topological polar surface area (TPSA) is 42.9 Å². The third-order valence-corrected chi connectivity index (χ3v) is 3.08. The van der Waals surface area contributed by atoms with Crippen LogP contribution in [0.2, 0.25) is 0 Å². The Morgan fingerprint density at radius 3 is 2.79 bits per heavy atom. The van der Waals surface area contributed by atoms with Crippen LogP contribution >= 0.6 is 0 Å². The molecule has 2 heterocycles. The van der Waals surface area contributed by atoms with Crippen LogP contribution in [-0.2, 0) is 0 Å². The van der Waals surface area contributed by atoms with Gasteiger partial charge < -0.3 is 0 Å². The first kappa shape index (κ1) is 11.5. The van der Waals surface area contributed by atoms with Crippen molar-refractivity contribution in [1.82, 2.24) is 9.97 Å². The Bertz CT molecular complexity index is 765. The van der Waals surface area contributed by atoms with Gasteiger partial charge in [-0.05, 0) is 36.8 Å². The molecule has 0 N–H and O–H groups in total. The minimum Gasteiger partial charge on any atom is -0.294 e. The van der Waals surface area contributed by atoms with Gasteiger partial charge in [0.1, 0.15) is 0 Å². The number of rotatable bonds is 2. The maximum atomic E-state index is 11.4. The van der Waals surface area contributed by atoms with Crippen LogP contribution in [0.5, 0.6) is 0 Å². The third kappa shape index (κ3) is 2.22. The van der Waals surface area contributed by atoms with Gasteiger partial charge in [-0.1, -0.05) is 12.1 Å². The van der Waals surface area contributed by atoms with Crippen molar-refractivity contribution in [2.45, 2.75) is 6.92 Å². The highest BCUT2D eigenvalue weighted by Gasteiger charge is 2.04. The van der Waals surface area contributed by atoms with Crippen molar-refractivity contribution in [1.29, 1.82) is 0 Å². The molecule has 3 nitrogen and oxygen atoms in total. The molecule has 0 aliphatic heterocycles. The Kier molecular flexibility index (Phi) is 2.80. The van der Waals surface area contributed by atoms with Gasteiger partial charge in [-0.2, -0.15) is 0 Å². The van der Waals surface area contributed by atoms with Crippen LogP contribution in [0.4, 0.5) is 0 Å².